The van der Waals surface area contributed by atoms with Crippen LogP contribution in [0.25, 0.3) is 17.2 Å². The largest absolute Gasteiger partial charge is 0.461 e. The third-order valence-corrected chi connectivity index (χ3v) is 5.36. The summed E-state index contributed by atoms with van der Waals surface area (Å²) in [4.78, 5) is 11.1. The molecule has 30 heavy (non-hydrogen) atoms. The average Bonchev–Trinajstić information content (AvgIpc) is 3.51. The van der Waals surface area contributed by atoms with Gasteiger partial charge in [-0.1, -0.05) is 11.1 Å². The minimum atomic E-state index is 0.145. The zero-order chi connectivity index (χ0) is 20.7. The number of likely N-dealkylation sites (tertiary alicyclic amines) is 1. The van der Waals surface area contributed by atoms with Crippen molar-refractivity contribution in [1.82, 2.24) is 29.6 Å². The Bertz CT molecular complexity index is 1240. The molecule has 5 rings (SSSR count). The lowest BCUT2D eigenvalue weighted by Crippen LogP contribution is -2.28. The van der Waals surface area contributed by atoms with E-state index < -0.39 is 0 Å². The summed E-state index contributed by atoms with van der Waals surface area (Å²) in [5.74, 6) is 8.70. The second-order valence-electron chi connectivity index (χ2n) is 7.39. The van der Waals surface area contributed by atoms with Gasteiger partial charge in [-0.25, -0.2) is 14.5 Å². The van der Waals surface area contributed by atoms with E-state index >= 15 is 0 Å². The predicted octanol–water partition coefficient (Wildman–Crippen LogP) is 2.59. The van der Waals surface area contributed by atoms with E-state index in [1.165, 1.54) is 0 Å². The highest BCUT2D eigenvalue weighted by Crippen LogP contribution is 2.23. The summed E-state index contributed by atoms with van der Waals surface area (Å²) in [6.07, 6.45) is 5.44. The van der Waals surface area contributed by atoms with Crippen LogP contribution in [0.1, 0.15) is 35.6 Å². The number of nitrogen functional groups attached to an aromatic ring is 1. The molecule has 1 saturated heterocycles. The van der Waals surface area contributed by atoms with Crippen molar-refractivity contribution in [2.45, 2.75) is 39.3 Å². The molecule has 4 aromatic rings. The van der Waals surface area contributed by atoms with Gasteiger partial charge in [-0.05, 0) is 51.3 Å². The molecule has 1 aliphatic rings. The summed E-state index contributed by atoms with van der Waals surface area (Å²) in [5.41, 5.74) is 9.21. The zero-order valence-corrected chi connectivity index (χ0v) is 16.8. The van der Waals surface area contributed by atoms with Crippen LogP contribution in [-0.4, -0.2) is 42.2 Å². The van der Waals surface area contributed by atoms with Gasteiger partial charge in [0, 0.05) is 12.1 Å². The van der Waals surface area contributed by atoms with E-state index in [4.69, 9.17) is 14.7 Å². The molecule has 0 amide bonds. The van der Waals surface area contributed by atoms with Crippen LogP contribution in [0.3, 0.4) is 0 Å². The normalized spacial score (nSPS) is 16.8. The second kappa shape index (κ2) is 7.31. The lowest BCUT2D eigenvalue weighted by Gasteiger charge is -2.19. The molecule has 2 N–H and O–H groups in total. The van der Waals surface area contributed by atoms with E-state index in [0.717, 1.165) is 42.9 Å². The Kier molecular flexibility index (Phi) is 4.48. The van der Waals surface area contributed by atoms with Gasteiger partial charge in [0.1, 0.15) is 11.5 Å². The van der Waals surface area contributed by atoms with Gasteiger partial charge in [-0.3, -0.25) is 4.90 Å². The Morgan fingerprint density at radius 3 is 2.97 bits per heavy atom. The molecule has 0 spiro atoms. The van der Waals surface area contributed by atoms with E-state index in [9.17, 15) is 0 Å². The lowest BCUT2D eigenvalue weighted by molar-refractivity contribution is 0.285. The Balaban J connectivity index is 1.40. The molecule has 0 aromatic carbocycles. The van der Waals surface area contributed by atoms with Gasteiger partial charge in [-0.15, -0.1) is 5.10 Å². The third kappa shape index (κ3) is 3.31. The molecule has 0 bridgehead atoms. The van der Waals surface area contributed by atoms with Crippen LogP contribution < -0.4 is 5.73 Å². The molecule has 1 atom stereocenters. The van der Waals surface area contributed by atoms with Gasteiger partial charge < -0.3 is 14.7 Å². The number of anilines is 1. The van der Waals surface area contributed by atoms with E-state index in [-0.39, 0.29) is 11.9 Å². The van der Waals surface area contributed by atoms with Gasteiger partial charge in [0.05, 0.1) is 24.2 Å². The highest BCUT2D eigenvalue weighted by atomic mass is 16.5. The fourth-order valence-corrected chi connectivity index (χ4v) is 3.75. The first kappa shape index (κ1) is 18.4. The van der Waals surface area contributed by atoms with Crippen molar-refractivity contribution in [2.24, 2.45) is 0 Å². The van der Waals surface area contributed by atoms with Crippen molar-refractivity contribution in [3.63, 3.8) is 0 Å². The minimum Gasteiger partial charge on any atom is -0.461 e. The maximum Gasteiger partial charge on any atom is 0.218 e. The standard InChI is InChI=1S/C21H21N7O2/c1-13-17(14(2)30-26-13)12-27-9-3-5-16(27)8-7-15-11-28-21(19(22)23-15)24-20(25-28)18-6-4-10-29-18/h4,6,10-11,16H,3,5,9,12H2,1-2H3,(H2,22,23). The van der Waals surface area contributed by atoms with Crippen LogP contribution in [0.4, 0.5) is 5.82 Å². The maximum atomic E-state index is 6.10. The van der Waals surface area contributed by atoms with Gasteiger partial charge in [-0.2, -0.15) is 0 Å². The summed E-state index contributed by atoms with van der Waals surface area (Å²) in [5, 5.41) is 8.49. The van der Waals surface area contributed by atoms with E-state index in [1.54, 1.807) is 29.1 Å². The zero-order valence-electron chi connectivity index (χ0n) is 16.8. The van der Waals surface area contributed by atoms with Gasteiger partial charge in [0.15, 0.2) is 17.2 Å². The van der Waals surface area contributed by atoms with Crippen molar-refractivity contribution in [3.8, 4) is 23.4 Å². The third-order valence-electron chi connectivity index (χ3n) is 5.36. The molecular weight excluding hydrogens is 382 g/mol. The number of hydrogen-bond donors (Lipinski definition) is 1. The number of aromatic nitrogens is 5. The SMILES string of the molecule is Cc1noc(C)c1CN1CCCC1C#Cc1cn2nc(-c3ccco3)nc2c(N)n1. The van der Waals surface area contributed by atoms with Crippen LogP contribution in [0.15, 0.2) is 33.5 Å². The number of rotatable bonds is 3. The lowest BCUT2D eigenvalue weighted by atomic mass is 10.1. The number of nitrogens with zero attached hydrogens (tertiary/aromatic N) is 6. The molecule has 152 valence electrons. The Morgan fingerprint density at radius 2 is 2.20 bits per heavy atom. The van der Waals surface area contributed by atoms with Crippen LogP contribution in [0, 0.1) is 25.7 Å². The first-order valence-corrected chi connectivity index (χ1v) is 9.82. The molecule has 0 radical (unpaired) electrons. The number of aryl methyl sites for hydroxylation is 2. The molecule has 0 aliphatic carbocycles. The van der Waals surface area contributed by atoms with Gasteiger partial charge in [0.25, 0.3) is 0 Å². The molecule has 1 aliphatic heterocycles. The number of hydrogen-bond acceptors (Lipinski definition) is 8. The number of nitrogens with two attached hydrogens (primary N) is 1. The van der Waals surface area contributed by atoms with E-state index in [0.29, 0.717) is 22.9 Å². The predicted molar refractivity (Wildman–Crippen MR) is 109 cm³/mol. The van der Waals surface area contributed by atoms with Crippen LogP contribution in [0.5, 0.6) is 0 Å². The van der Waals surface area contributed by atoms with Gasteiger partial charge >= 0.3 is 0 Å². The Labute approximate surface area is 172 Å². The first-order chi connectivity index (χ1) is 14.6. The topological polar surface area (TPSA) is 112 Å². The highest BCUT2D eigenvalue weighted by Gasteiger charge is 2.25. The molecule has 1 fully saturated rings. The molecular formula is C21H21N7O2. The molecule has 4 aromatic heterocycles. The Morgan fingerprint density at radius 1 is 1.30 bits per heavy atom. The monoisotopic (exact) mass is 403 g/mol. The highest BCUT2D eigenvalue weighted by molar-refractivity contribution is 5.63. The maximum absolute atomic E-state index is 6.10. The Hall–Kier alpha value is -3.64. The smallest absolute Gasteiger partial charge is 0.218 e. The molecule has 5 heterocycles. The summed E-state index contributed by atoms with van der Waals surface area (Å²) in [6, 6.07) is 3.73. The van der Waals surface area contributed by atoms with E-state index in [1.807, 2.05) is 13.8 Å². The number of fused-ring (bicyclic) bond motifs is 1. The number of furan rings is 1. The van der Waals surface area contributed by atoms with Crippen LogP contribution in [0.2, 0.25) is 0 Å². The average molecular weight is 403 g/mol. The van der Waals surface area contributed by atoms with Crippen molar-refractivity contribution in [1.29, 1.82) is 0 Å². The minimum absolute atomic E-state index is 0.145. The van der Waals surface area contributed by atoms with Crippen molar-refractivity contribution < 1.29 is 8.94 Å². The molecule has 1 unspecified atom stereocenters. The fourth-order valence-electron chi connectivity index (χ4n) is 3.75. The van der Waals surface area contributed by atoms with Gasteiger partial charge in [0.2, 0.25) is 5.82 Å². The summed E-state index contributed by atoms with van der Waals surface area (Å²) in [7, 11) is 0. The van der Waals surface area contributed by atoms with Crippen molar-refractivity contribution >= 4 is 11.5 Å². The summed E-state index contributed by atoms with van der Waals surface area (Å²) < 4.78 is 12.3. The van der Waals surface area contributed by atoms with Crippen LogP contribution in [-0.2, 0) is 6.54 Å². The fraction of sp³-hybridized carbons (Fsp3) is 0.333. The van der Waals surface area contributed by atoms with E-state index in [2.05, 4.69) is 37.0 Å². The first-order valence-electron chi connectivity index (χ1n) is 9.82. The quantitative estimate of drug-likeness (QED) is 0.520. The van der Waals surface area contributed by atoms with Crippen molar-refractivity contribution in [2.75, 3.05) is 12.3 Å². The van der Waals surface area contributed by atoms with Crippen molar-refractivity contribution in [3.05, 3.63) is 47.3 Å². The van der Waals surface area contributed by atoms with Crippen LogP contribution >= 0.6 is 0 Å². The summed E-state index contributed by atoms with van der Waals surface area (Å²) >= 11 is 0. The summed E-state index contributed by atoms with van der Waals surface area (Å²) in [6.45, 7) is 5.70. The second-order valence-corrected chi connectivity index (χ2v) is 7.39. The molecule has 0 saturated carbocycles. The molecule has 9 nitrogen and oxygen atoms in total. The molecule has 9 heteroatoms.